The predicted octanol–water partition coefficient (Wildman–Crippen LogP) is 19.6. The molecule has 0 aromatic carbocycles. The highest BCUT2D eigenvalue weighted by molar-refractivity contribution is 5.80. The van der Waals surface area contributed by atoms with Crippen LogP contribution in [0.15, 0.2) is 48.6 Å². The van der Waals surface area contributed by atoms with Crippen LogP contribution in [-0.2, 0) is 4.79 Å². The van der Waals surface area contributed by atoms with Gasteiger partial charge in [-0.1, -0.05) is 313 Å². The summed E-state index contributed by atoms with van der Waals surface area (Å²) in [5, 5.41) is 33.4. The van der Waals surface area contributed by atoms with Crippen molar-refractivity contribution in [2.45, 2.75) is 347 Å². The van der Waals surface area contributed by atoms with E-state index in [4.69, 9.17) is 0 Å². The van der Waals surface area contributed by atoms with E-state index in [1.54, 1.807) is 6.08 Å². The van der Waals surface area contributed by atoms with Crippen molar-refractivity contribution >= 4 is 5.91 Å². The average molecular weight is 969 g/mol. The molecule has 0 rings (SSSR count). The molecule has 0 aromatic rings. The monoisotopic (exact) mass is 968 g/mol. The lowest BCUT2D eigenvalue weighted by Crippen LogP contribution is -2.48. The number of nitrogens with one attached hydrogen (secondary N) is 1. The molecule has 3 unspecified atom stereocenters. The second-order valence-corrected chi connectivity index (χ2v) is 21.3. The Morgan fingerprint density at radius 1 is 0.362 bits per heavy atom. The van der Waals surface area contributed by atoms with Crippen molar-refractivity contribution in [2.24, 2.45) is 0 Å². The zero-order valence-corrected chi connectivity index (χ0v) is 46.5. The van der Waals surface area contributed by atoms with E-state index in [9.17, 15) is 20.1 Å². The van der Waals surface area contributed by atoms with E-state index in [0.717, 1.165) is 44.9 Å². The third kappa shape index (κ3) is 53.9. The third-order valence-corrected chi connectivity index (χ3v) is 14.4. The summed E-state index contributed by atoms with van der Waals surface area (Å²) in [6.45, 7) is 4.20. The maximum atomic E-state index is 12.6. The number of aliphatic hydroxyl groups is 3. The highest BCUT2D eigenvalue weighted by Crippen LogP contribution is 2.17. The van der Waals surface area contributed by atoms with Crippen molar-refractivity contribution in [3.63, 3.8) is 0 Å². The fourth-order valence-corrected chi connectivity index (χ4v) is 9.59. The Morgan fingerprint density at radius 2 is 0.638 bits per heavy atom. The first-order valence-electron chi connectivity index (χ1n) is 31.0. The van der Waals surface area contributed by atoms with E-state index < -0.39 is 24.2 Å². The van der Waals surface area contributed by atoms with Crippen LogP contribution in [0.3, 0.4) is 0 Å². The van der Waals surface area contributed by atoms with Crippen LogP contribution in [0.2, 0.25) is 0 Å². The lowest BCUT2D eigenvalue weighted by molar-refractivity contribution is -0.131. The summed E-state index contributed by atoms with van der Waals surface area (Å²) in [7, 11) is 0. The number of hydrogen-bond acceptors (Lipinski definition) is 4. The standard InChI is InChI=1S/C64H121NO4/c1-3-5-7-9-11-13-15-17-19-21-23-24-25-26-27-28-29-30-31-32-33-34-35-36-37-38-39-41-43-45-47-49-51-53-55-57-59-63(68)64(69)65-61(60-66)62(67)58-56-54-52-50-48-46-44-42-40-22-20-18-16-14-12-10-8-6-4-2/h27-28,30-31,48,50,56,58,61-63,66-68H,3-26,29,32-47,49,51-55,57,59-60H2,1-2H3,(H,65,69)/b28-27-,31-30-,50-48+,58-56+. The molecule has 0 saturated heterocycles. The first-order chi connectivity index (χ1) is 34.1. The largest absolute Gasteiger partial charge is 0.394 e. The number of unbranched alkanes of at least 4 members (excludes halogenated alkanes) is 43. The molecule has 5 nitrogen and oxygen atoms in total. The fraction of sp³-hybridized carbons (Fsp3) is 0.859. The molecular weight excluding hydrogens is 847 g/mol. The lowest BCUT2D eigenvalue weighted by Gasteiger charge is -2.21. The highest BCUT2D eigenvalue weighted by Gasteiger charge is 2.22. The Morgan fingerprint density at radius 3 is 0.971 bits per heavy atom. The molecule has 0 spiro atoms. The van der Waals surface area contributed by atoms with Gasteiger partial charge in [-0.2, -0.15) is 0 Å². The van der Waals surface area contributed by atoms with Crippen molar-refractivity contribution in [3.05, 3.63) is 48.6 Å². The molecule has 1 amide bonds. The zero-order chi connectivity index (χ0) is 50.0. The summed E-state index contributed by atoms with van der Waals surface area (Å²) in [4.78, 5) is 12.6. The van der Waals surface area contributed by atoms with Crippen LogP contribution in [-0.4, -0.2) is 46.1 Å². The van der Waals surface area contributed by atoms with E-state index in [-0.39, 0.29) is 6.61 Å². The van der Waals surface area contributed by atoms with E-state index in [1.165, 1.54) is 263 Å². The van der Waals surface area contributed by atoms with Crippen LogP contribution >= 0.6 is 0 Å². The summed E-state index contributed by atoms with van der Waals surface area (Å²) < 4.78 is 0. The van der Waals surface area contributed by atoms with Gasteiger partial charge in [0, 0.05) is 0 Å². The molecule has 0 heterocycles. The van der Waals surface area contributed by atoms with Crippen LogP contribution in [0, 0.1) is 0 Å². The third-order valence-electron chi connectivity index (χ3n) is 14.4. The number of hydrogen-bond donors (Lipinski definition) is 4. The maximum absolute atomic E-state index is 12.6. The molecule has 69 heavy (non-hydrogen) atoms. The van der Waals surface area contributed by atoms with E-state index in [1.807, 2.05) is 6.08 Å². The minimum atomic E-state index is -1.11. The van der Waals surface area contributed by atoms with Crippen LogP contribution < -0.4 is 5.32 Å². The molecule has 0 fully saturated rings. The molecule has 406 valence electrons. The van der Waals surface area contributed by atoms with Crippen molar-refractivity contribution in [2.75, 3.05) is 6.61 Å². The van der Waals surface area contributed by atoms with Gasteiger partial charge in [-0.25, -0.2) is 0 Å². The number of carbonyl (C=O) groups is 1. The topological polar surface area (TPSA) is 89.8 Å². The van der Waals surface area contributed by atoms with Gasteiger partial charge in [0.2, 0.25) is 5.91 Å². The van der Waals surface area contributed by atoms with E-state index in [0.29, 0.717) is 6.42 Å². The summed E-state index contributed by atoms with van der Waals surface area (Å²) in [5.41, 5.74) is 0. The molecule has 0 aromatic heterocycles. The van der Waals surface area contributed by atoms with Gasteiger partial charge in [0.1, 0.15) is 6.10 Å². The van der Waals surface area contributed by atoms with Crippen molar-refractivity contribution in [1.29, 1.82) is 0 Å². The van der Waals surface area contributed by atoms with E-state index in [2.05, 4.69) is 55.6 Å². The summed E-state index contributed by atoms with van der Waals surface area (Å²) in [6.07, 6.45) is 79.4. The molecule has 5 heteroatoms. The molecule has 0 saturated carbocycles. The average Bonchev–Trinajstić information content (AvgIpc) is 3.35. The molecule has 0 bridgehead atoms. The molecule has 3 atom stereocenters. The quantitative estimate of drug-likeness (QED) is 0.0361. The molecule has 4 N–H and O–H groups in total. The Bertz CT molecular complexity index is 1110. The van der Waals surface area contributed by atoms with Crippen molar-refractivity contribution in [3.8, 4) is 0 Å². The molecular formula is C64H121NO4. The van der Waals surface area contributed by atoms with Gasteiger partial charge in [0.25, 0.3) is 0 Å². The first kappa shape index (κ1) is 67.3. The number of allylic oxidation sites excluding steroid dienone is 7. The number of rotatable bonds is 57. The normalized spacial score (nSPS) is 13.5. The van der Waals surface area contributed by atoms with Gasteiger partial charge in [-0.05, 0) is 64.2 Å². The van der Waals surface area contributed by atoms with Gasteiger partial charge in [-0.15, -0.1) is 0 Å². The second kappa shape index (κ2) is 58.9. The van der Waals surface area contributed by atoms with Crippen LogP contribution in [0.5, 0.6) is 0 Å². The molecule has 0 aliphatic heterocycles. The predicted molar refractivity (Wildman–Crippen MR) is 305 cm³/mol. The van der Waals surface area contributed by atoms with Crippen LogP contribution in [0.4, 0.5) is 0 Å². The lowest BCUT2D eigenvalue weighted by atomic mass is 10.0. The van der Waals surface area contributed by atoms with Gasteiger partial charge in [0.15, 0.2) is 0 Å². The molecule has 0 aliphatic carbocycles. The Kier molecular flexibility index (Phi) is 57.4. The van der Waals surface area contributed by atoms with Gasteiger partial charge < -0.3 is 20.6 Å². The first-order valence-corrected chi connectivity index (χ1v) is 31.0. The highest BCUT2D eigenvalue weighted by atomic mass is 16.3. The summed E-state index contributed by atoms with van der Waals surface area (Å²) in [6, 6.07) is -0.816. The number of carbonyl (C=O) groups excluding carboxylic acids is 1. The number of aliphatic hydroxyl groups excluding tert-OH is 3. The smallest absolute Gasteiger partial charge is 0.249 e. The fourth-order valence-electron chi connectivity index (χ4n) is 9.59. The number of amides is 1. The second-order valence-electron chi connectivity index (χ2n) is 21.3. The van der Waals surface area contributed by atoms with Gasteiger partial charge >= 0.3 is 0 Å². The van der Waals surface area contributed by atoms with Gasteiger partial charge in [0.05, 0.1) is 18.8 Å². The van der Waals surface area contributed by atoms with Crippen LogP contribution in [0.25, 0.3) is 0 Å². The van der Waals surface area contributed by atoms with Crippen molar-refractivity contribution < 1.29 is 20.1 Å². The van der Waals surface area contributed by atoms with Gasteiger partial charge in [-0.3, -0.25) is 4.79 Å². The van der Waals surface area contributed by atoms with Crippen LogP contribution in [0.1, 0.15) is 328 Å². The summed E-state index contributed by atoms with van der Waals surface area (Å²) >= 11 is 0. The Labute approximate surface area is 431 Å². The summed E-state index contributed by atoms with van der Waals surface area (Å²) in [5.74, 6) is -0.509. The minimum Gasteiger partial charge on any atom is -0.394 e. The Balaban J connectivity index is 3.54. The van der Waals surface area contributed by atoms with E-state index >= 15 is 0 Å². The zero-order valence-electron chi connectivity index (χ0n) is 46.5. The maximum Gasteiger partial charge on any atom is 0.249 e. The molecule has 0 radical (unpaired) electrons. The Hall–Kier alpha value is -1.69. The van der Waals surface area contributed by atoms with Crippen molar-refractivity contribution in [1.82, 2.24) is 5.32 Å². The molecule has 0 aliphatic rings. The SMILES string of the molecule is CCCCCCCCCCCCCCC/C=C\C/C=C\CCCCCCCCCCCCCCCCCCC(O)C(=O)NC(CO)C(O)/C=C/CC/C=C/CCCCCCCCCCCCCCC. The minimum absolute atomic E-state index is 0.375.